The van der Waals surface area contributed by atoms with E-state index >= 15 is 0 Å². The highest BCUT2D eigenvalue weighted by molar-refractivity contribution is 7.47. The SMILES string of the molecule is CCCCC/C=C\C/C=C\C/C=C\CCCCC(=O)OC[C@H](COP(=O)(O)O[C@H]1C(O)C(O)C(O)[C@@H](OP(=O)(O)O)C1O)OC(=O)CCC/C=C\C/C=C\C/C=C\C/C=C\CCC[C@H](C)O. The molecule has 1 saturated carbocycles. The summed E-state index contributed by atoms with van der Waals surface area (Å²) in [5, 5.41) is 50.5. The molecule has 0 bridgehead atoms. The van der Waals surface area contributed by atoms with Gasteiger partial charge in [-0.25, -0.2) is 9.13 Å². The molecule has 0 radical (unpaired) electrons. The Morgan fingerprint density at radius 3 is 1.47 bits per heavy atom. The molecule has 1 rings (SSSR count). The number of unbranched alkanes of at least 4 members (excludes halogenated alkanes) is 7. The number of rotatable bonds is 37. The number of phosphoric ester groups is 2. The van der Waals surface area contributed by atoms with Gasteiger partial charge in [-0.1, -0.05) is 105 Å². The lowest BCUT2D eigenvalue weighted by Gasteiger charge is -2.43. The number of hydrogen-bond acceptors (Lipinski definition) is 14. The van der Waals surface area contributed by atoms with E-state index in [0.717, 1.165) is 57.8 Å². The number of aliphatic hydroxyl groups excluding tert-OH is 5. The molecule has 0 saturated heterocycles. The molecule has 0 amide bonds. The fourth-order valence-corrected chi connectivity index (χ4v) is 7.87. The van der Waals surface area contributed by atoms with Gasteiger partial charge in [-0.2, -0.15) is 0 Å². The van der Waals surface area contributed by atoms with Crippen LogP contribution in [0.25, 0.3) is 0 Å². The van der Waals surface area contributed by atoms with Gasteiger partial charge in [-0.15, -0.1) is 0 Å². The van der Waals surface area contributed by atoms with E-state index in [-0.39, 0.29) is 18.9 Å². The normalized spacial score (nSPS) is 22.8. The van der Waals surface area contributed by atoms with Crippen molar-refractivity contribution in [3.8, 4) is 0 Å². The van der Waals surface area contributed by atoms with E-state index in [9.17, 15) is 49.1 Å². The Bertz CT molecular complexity index is 1620. The van der Waals surface area contributed by atoms with Crippen LogP contribution >= 0.6 is 15.6 Å². The van der Waals surface area contributed by atoms with Crippen LogP contribution in [-0.4, -0.2) is 114 Å². The van der Waals surface area contributed by atoms with Crippen LogP contribution < -0.4 is 0 Å². The Kier molecular flexibility index (Phi) is 34.4. The van der Waals surface area contributed by atoms with Crippen molar-refractivity contribution < 1.29 is 82.0 Å². The Hall–Kier alpha value is -2.86. The smallest absolute Gasteiger partial charge is 0.462 e. The summed E-state index contributed by atoms with van der Waals surface area (Å²) in [6.45, 7) is 2.53. The van der Waals surface area contributed by atoms with Gasteiger partial charge in [0, 0.05) is 12.8 Å². The van der Waals surface area contributed by atoms with E-state index in [1.807, 2.05) is 24.3 Å². The second kappa shape index (κ2) is 37.1. The van der Waals surface area contributed by atoms with Crippen molar-refractivity contribution in [1.29, 1.82) is 0 Å². The minimum Gasteiger partial charge on any atom is -0.462 e. The van der Waals surface area contributed by atoms with Crippen molar-refractivity contribution in [2.45, 2.75) is 185 Å². The zero-order chi connectivity index (χ0) is 49.1. The maximum atomic E-state index is 13.0. The molecule has 0 aliphatic heterocycles. The average molecular weight is 977 g/mol. The summed E-state index contributed by atoms with van der Waals surface area (Å²) in [6, 6.07) is 0. The Balaban J connectivity index is 2.68. The Morgan fingerprint density at radius 2 is 0.985 bits per heavy atom. The number of phosphoric acid groups is 2. The summed E-state index contributed by atoms with van der Waals surface area (Å²) in [4.78, 5) is 54.2. The van der Waals surface area contributed by atoms with Crippen LogP contribution in [0.2, 0.25) is 0 Å². The number of hydrogen-bond donors (Lipinski definition) is 8. The number of carbonyl (C=O) groups excluding carboxylic acids is 2. The van der Waals surface area contributed by atoms with Crippen LogP contribution in [0.3, 0.4) is 0 Å². The Morgan fingerprint density at radius 1 is 0.545 bits per heavy atom. The quantitative estimate of drug-likeness (QED) is 0.0129. The van der Waals surface area contributed by atoms with Crippen LogP contribution in [0.1, 0.15) is 136 Å². The Labute approximate surface area is 391 Å². The van der Waals surface area contributed by atoms with Crippen molar-refractivity contribution in [1.82, 2.24) is 0 Å². The minimum atomic E-state index is -5.38. The average Bonchev–Trinajstić information content (AvgIpc) is 3.26. The number of allylic oxidation sites excluding steroid dienone is 14. The standard InChI is InChI=1S/C47H78O17P2/c1-3-4-5-6-7-8-9-10-12-16-19-22-25-28-31-34-40(49)60-36-39(37-61-66(58,59)64-47-44(53)42(51)43(52)46(45(47)54)63-65(55,56)57)62-41(50)35-32-29-26-23-20-17-14-11-13-15-18-21-24-27-30-33-38(2)48/h7-8,10,12-15,17,19,21-24,26,38-39,42-48,51-54H,3-6,9,11,16,18,20,25,27-37H2,1-2H3,(H,58,59)(H2,55,56,57)/b8-7-,12-10-,15-13-,17-14-,22-19-,24-21-,26-23-/t38-,39+,42?,43?,44?,45?,46+,47-/m0/s1. The van der Waals surface area contributed by atoms with Crippen molar-refractivity contribution >= 4 is 27.6 Å². The third-order valence-corrected chi connectivity index (χ3v) is 11.5. The van der Waals surface area contributed by atoms with Crippen molar-refractivity contribution in [2.75, 3.05) is 13.2 Å². The molecule has 1 aliphatic rings. The van der Waals surface area contributed by atoms with E-state index in [2.05, 4.69) is 72.2 Å². The number of carbonyl (C=O) groups is 2. The molecule has 0 aromatic carbocycles. The summed E-state index contributed by atoms with van der Waals surface area (Å²) in [6.07, 6.45) is 28.3. The van der Waals surface area contributed by atoms with Crippen molar-refractivity contribution in [2.24, 2.45) is 0 Å². The molecule has 0 heterocycles. The lowest BCUT2D eigenvalue weighted by molar-refractivity contribution is -0.216. The molecule has 19 heteroatoms. The van der Waals surface area contributed by atoms with E-state index in [1.165, 1.54) is 19.3 Å². The zero-order valence-electron chi connectivity index (χ0n) is 38.7. The number of esters is 2. The first kappa shape index (κ1) is 61.2. The molecule has 0 aromatic heterocycles. The van der Waals surface area contributed by atoms with Gasteiger partial charge in [0.2, 0.25) is 0 Å². The van der Waals surface area contributed by atoms with Crippen LogP contribution in [-0.2, 0) is 41.8 Å². The molecule has 5 unspecified atom stereocenters. The summed E-state index contributed by atoms with van der Waals surface area (Å²) in [5.41, 5.74) is 0. The van der Waals surface area contributed by atoms with Gasteiger partial charge in [-0.05, 0) is 103 Å². The lowest BCUT2D eigenvalue weighted by atomic mass is 9.85. The first-order valence-corrected chi connectivity index (χ1v) is 26.2. The molecule has 1 fully saturated rings. The molecular weight excluding hydrogens is 898 g/mol. The summed E-state index contributed by atoms with van der Waals surface area (Å²) in [7, 11) is -10.7. The molecular formula is C47H78O17P2. The summed E-state index contributed by atoms with van der Waals surface area (Å²) >= 11 is 0. The van der Waals surface area contributed by atoms with Crippen LogP contribution in [0.15, 0.2) is 85.1 Å². The first-order chi connectivity index (χ1) is 31.5. The van der Waals surface area contributed by atoms with Crippen LogP contribution in [0.4, 0.5) is 0 Å². The molecule has 9 atom stereocenters. The van der Waals surface area contributed by atoms with Gasteiger partial charge < -0.3 is 49.7 Å². The maximum Gasteiger partial charge on any atom is 0.472 e. The largest absolute Gasteiger partial charge is 0.472 e. The van der Waals surface area contributed by atoms with E-state index in [4.69, 9.17) is 28.3 Å². The van der Waals surface area contributed by atoms with Gasteiger partial charge in [0.25, 0.3) is 0 Å². The summed E-state index contributed by atoms with van der Waals surface area (Å²) in [5.74, 6) is -1.34. The highest BCUT2D eigenvalue weighted by atomic mass is 31.2. The lowest BCUT2D eigenvalue weighted by Crippen LogP contribution is -2.64. The fraction of sp³-hybridized carbons (Fsp3) is 0.660. The topological polar surface area (TPSA) is 276 Å². The predicted octanol–water partition coefficient (Wildman–Crippen LogP) is 7.58. The van der Waals surface area contributed by atoms with E-state index in [1.54, 1.807) is 6.92 Å². The molecule has 17 nitrogen and oxygen atoms in total. The fourth-order valence-electron chi connectivity index (χ4n) is 6.34. The monoisotopic (exact) mass is 976 g/mol. The second-order valence-electron chi connectivity index (χ2n) is 16.0. The third-order valence-electron chi connectivity index (χ3n) is 9.96. The molecule has 1 aliphatic carbocycles. The maximum absolute atomic E-state index is 13.0. The third kappa shape index (κ3) is 32.0. The van der Waals surface area contributed by atoms with Gasteiger partial charge in [0.15, 0.2) is 6.10 Å². The summed E-state index contributed by atoms with van der Waals surface area (Å²) < 4.78 is 49.2. The van der Waals surface area contributed by atoms with E-state index in [0.29, 0.717) is 32.1 Å². The van der Waals surface area contributed by atoms with Crippen LogP contribution in [0, 0.1) is 0 Å². The first-order valence-electron chi connectivity index (χ1n) is 23.2. The molecule has 0 aromatic rings. The molecule has 0 spiro atoms. The van der Waals surface area contributed by atoms with Gasteiger partial charge in [-0.3, -0.25) is 23.2 Å². The van der Waals surface area contributed by atoms with Gasteiger partial charge >= 0.3 is 27.6 Å². The van der Waals surface area contributed by atoms with Crippen molar-refractivity contribution in [3.63, 3.8) is 0 Å². The molecule has 8 N–H and O–H groups in total. The highest BCUT2D eigenvalue weighted by Gasteiger charge is 2.54. The number of aliphatic hydroxyl groups is 5. The predicted molar refractivity (Wildman–Crippen MR) is 251 cm³/mol. The minimum absolute atomic E-state index is 0.0492. The molecule has 378 valence electrons. The van der Waals surface area contributed by atoms with Crippen LogP contribution in [0.5, 0.6) is 0 Å². The number of ether oxygens (including phenoxy) is 2. The highest BCUT2D eigenvalue weighted by Crippen LogP contribution is 2.49. The zero-order valence-corrected chi connectivity index (χ0v) is 40.5. The van der Waals surface area contributed by atoms with Crippen molar-refractivity contribution in [3.05, 3.63) is 85.1 Å². The van der Waals surface area contributed by atoms with Gasteiger partial charge in [0.1, 0.15) is 43.2 Å². The van der Waals surface area contributed by atoms with E-state index < -0.39 is 83.5 Å². The second-order valence-corrected chi connectivity index (χ2v) is 18.6. The van der Waals surface area contributed by atoms with Gasteiger partial charge in [0.05, 0.1) is 12.7 Å². The molecule has 66 heavy (non-hydrogen) atoms.